The molecule has 0 atom stereocenters. The number of aryl methyl sites for hydroxylation is 4. The lowest BCUT2D eigenvalue weighted by Gasteiger charge is -2.22. The number of hydrogen-bond donors (Lipinski definition) is 1. The van der Waals surface area contributed by atoms with E-state index in [1.165, 1.54) is 19.3 Å². The van der Waals surface area contributed by atoms with Gasteiger partial charge in [-0.3, -0.25) is 4.79 Å². The van der Waals surface area contributed by atoms with Gasteiger partial charge in [0.2, 0.25) is 5.91 Å². The fraction of sp³-hybridized carbons (Fsp3) is 0.500. The maximum absolute atomic E-state index is 12.7. The molecule has 1 saturated carbocycles. The van der Waals surface area contributed by atoms with E-state index < -0.39 is 0 Å². The molecule has 154 valence electrons. The summed E-state index contributed by atoms with van der Waals surface area (Å²) in [6, 6.07) is 2.33. The molecule has 4 rings (SSSR count). The molecule has 0 spiro atoms. The van der Waals surface area contributed by atoms with Gasteiger partial charge >= 0.3 is 5.63 Å². The van der Waals surface area contributed by atoms with Gasteiger partial charge in [0.25, 0.3) is 0 Å². The van der Waals surface area contributed by atoms with Crippen LogP contribution in [0, 0.1) is 27.7 Å². The molecule has 1 aliphatic carbocycles. The van der Waals surface area contributed by atoms with E-state index in [4.69, 9.17) is 8.83 Å². The monoisotopic (exact) mass is 395 g/mol. The Bertz CT molecular complexity index is 1150. The fourth-order valence-electron chi connectivity index (χ4n) is 4.57. The first-order valence-electron chi connectivity index (χ1n) is 10.6. The maximum atomic E-state index is 12.7. The van der Waals surface area contributed by atoms with E-state index in [9.17, 15) is 9.59 Å². The van der Waals surface area contributed by atoms with Gasteiger partial charge < -0.3 is 14.2 Å². The first-order valence-corrected chi connectivity index (χ1v) is 10.6. The third kappa shape index (κ3) is 3.59. The average Bonchev–Trinajstić information content (AvgIpc) is 2.98. The molecule has 2 aromatic heterocycles. The van der Waals surface area contributed by atoms with Gasteiger partial charge in [-0.1, -0.05) is 19.3 Å². The zero-order valence-electron chi connectivity index (χ0n) is 17.7. The van der Waals surface area contributed by atoms with Crippen molar-refractivity contribution in [3.63, 3.8) is 0 Å². The van der Waals surface area contributed by atoms with E-state index in [0.717, 1.165) is 51.6 Å². The molecule has 29 heavy (non-hydrogen) atoms. The van der Waals surface area contributed by atoms with Crippen LogP contribution in [-0.4, -0.2) is 11.9 Å². The number of carbonyl (C=O) groups excluding carboxylic acids is 1. The van der Waals surface area contributed by atoms with Crippen molar-refractivity contribution >= 4 is 27.8 Å². The van der Waals surface area contributed by atoms with Gasteiger partial charge in [0.1, 0.15) is 16.9 Å². The molecule has 0 aliphatic heterocycles. The zero-order chi connectivity index (χ0) is 20.7. The van der Waals surface area contributed by atoms with Gasteiger partial charge in [0.15, 0.2) is 0 Å². The molecule has 0 unspecified atom stereocenters. The van der Waals surface area contributed by atoms with Gasteiger partial charge in [0.05, 0.1) is 0 Å². The van der Waals surface area contributed by atoms with E-state index in [-0.39, 0.29) is 17.6 Å². The smallest absolute Gasteiger partial charge is 0.339 e. The average molecular weight is 395 g/mol. The molecule has 1 N–H and O–H groups in total. The van der Waals surface area contributed by atoms with Crippen LogP contribution in [0.4, 0.5) is 0 Å². The molecular formula is C24H29NO4. The Morgan fingerprint density at radius 1 is 0.966 bits per heavy atom. The van der Waals surface area contributed by atoms with Crippen LogP contribution in [0.25, 0.3) is 21.9 Å². The van der Waals surface area contributed by atoms with Crippen molar-refractivity contribution in [2.24, 2.45) is 0 Å². The Labute approximate surface area is 170 Å². The van der Waals surface area contributed by atoms with Gasteiger partial charge in [-0.2, -0.15) is 0 Å². The van der Waals surface area contributed by atoms with E-state index in [2.05, 4.69) is 5.32 Å². The van der Waals surface area contributed by atoms with Crippen LogP contribution in [0.2, 0.25) is 0 Å². The molecule has 3 aromatic rings. The predicted octanol–water partition coefficient (Wildman–Crippen LogP) is 5.15. The van der Waals surface area contributed by atoms with Gasteiger partial charge in [0, 0.05) is 34.4 Å². The maximum Gasteiger partial charge on any atom is 0.339 e. The Balaban J connectivity index is 1.64. The van der Waals surface area contributed by atoms with Crippen molar-refractivity contribution in [2.75, 3.05) is 0 Å². The summed E-state index contributed by atoms with van der Waals surface area (Å²) < 4.78 is 11.6. The van der Waals surface area contributed by atoms with E-state index in [0.29, 0.717) is 24.0 Å². The summed E-state index contributed by atoms with van der Waals surface area (Å²) in [5.41, 5.74) is 4.42. The molecule has 0 radical (unpaired) electrons. The predicted molar refractivity (Wildman–Crippen MR) is 115 cm³/mol. The molecule has 1 aromatic carbocycles. The Hall–Kier alpha value is -2.56. The summed E-state index contributed by atoms with van der Waals surface area (Å²) >= 11 is 0. The molecular weight excluding hydrogens is 366 g/mol. The van der Waals surface area contributed by atoms with Crippen LogP contribution < -0.4 is 10.9 Å². The lowest BCUT2D eigenvalue weighted by molar-refractivity contribution is -0.121. The molecule has 2 heterocycles. The molecule has 1 aliphatic rings. The highest BCUT2D eigenvalue weighted by Crippen LogP contribution is 2.34. The normalized spacial score (nSPS) is 15.3. The van der Waals surface area contributed by atoms with Crippen molar-refractivity contribution < 1.29 is 13.6 Å². The van der Waals surface area contributed by atoms with Crippen molar-refractivity contribution in [1.29, 1.82) is 0 Å². The first kappa shape index (κ1) is 19.7. The molecule has 5 nitrogen and oxygen atoms in total. The van der Waals surface area contributed by atoms with Crippen molar-refractivity contribution in [2.45, 2.75) is 78.7 Å². The van der Waals surface area contributed by atoms with Crippen molar-refractivity contribution in [1.82, 2.24) is 5.32 Å². The molecule has 1 fully saturated rings. The number of furan rings is 1. The van der Waals surface area contributed by atoms with Crippen LogP contribution >= 0.6 is 0 Å². The van der Waals surface area contributed by atoms with E-state index >= 15 is 0 Å². The minimum atomic E-state index is -0.358. The summed E-state index contributed by atoms with van der Waals surface area (Å²) in [6.45, 7) is 7.85. The third-order valence-corrected chi connectivity index (χ3v) is 6.52. The molecule has 0 saturated heterocycles. The minimum Gasteiger partial charge on any atom is -0.461 e. The summed E-state index contributed by atoms with van der Waals surface area (Å²) in [4.78, 5) is 25.1. The Kier molecular flexibility index (Phi) is 5.24. The lowest BCUT2D eigenvalue weighted by atomic mass is 9.95. The topological polar surface area (TPSA) is 72.5 Å². The largest absolute Gasteiger partial charge is 0.461 e. The van der Waals surface area contributed by atoms with Gasteiger partial charge in [-0.15, -0.1) is 0 Å². The number of hydrogen-bond acceptors (Lipinski definition) is 4. The van der Waals surface area contributed by atoms with Crippen molar-refractivity contribution in [3.05, 3.63) is 44.5 Å². The Morgan fingerprint density at radius 3 is 2.34 bits per heavy atom. The number of amides is 1. The van der Waals surface area contributed by atoms with Crippen LogP contribution in [0.15, 0.2) is 19.7 Å². The highest BCUT2D eigenvalue weighted by atomic mass is 16.4. The van der Waals surface area contributed by atoms with E-state index in [1.807, 2.05) is 33.8 Å². The second-order valence-corrected chi connectivity index (χ2v) is 8.43. The lowest BCUT2D eigenvalue weighted by Crippen LogP contribution is -2.36. The van der Waals surface area contributed by atoms with E-state index in [1.54, 1.807) is 0 Å². The summed E-state index contributed by atoms with van der Waals surface area (Å²) in [5.74, 6) is 0.891. The second kappa shape index (κ2) is 7.69. The number of carbonyl (C=O) groups is 1. The first-order chi connectivity index (χ1) is 13.9. The zero-order valence-corrected chi connectivity index (χ0v) is 17.7. The molecule has 5 heteroatoms. The highest BCUT2D eigenvalue weighted by molar-refractivity contribution is 6.00. The van der Waals surface area contributed by atoms with Crippen LogP contribution in [-0.2, 0) is 11.2 Å². The fourth-order valence-corrected chi connectivity index (χ4v) is 4.57. The van der Waals surface area contributed by atoms with Crippen LogP contribution in [0.5, 0.6) is 0 Å². The summed E-state index contributed by atoms with van der Waals surface area (Å²) in [7, 11) is 0. The molecule has 0 bridgehead atoms. The Morgan fingerprint density at radius 2 is 1.62 bits per heavy atom. The van der Waals surface area contributed by atoms with Gasteiger partial charge in [-0.05, 0) is 64.2 Å². The van der Waals surface area contributed by atoms with Crippen molar-refractivity contribution in [3.8, 4) is 0 Å². The quantitative estimate of drug-likeness (QED) is 0.620. The highest BCUT2D eigenvalue weighted by Gasteiger charge is 2.20. The van der Waals surface area contributed by atoms with Crippen LogP contribution in [0.3, 0.4) is 0 Å². The number of nitrogens with one attached hydrogen (secondary N) is 1. The van der Waals surface area contributed by atoms with Crippen LogP contribution in [0.1, 0.15) is 66.5 Å². The third-order valence-electron chi connectivity index (χ3n) is 6.52. The molecule has 1 amide bonds. The second-order valence-electron chi connectivity index (χ2n) is 8.43. The standard InChI is InChI=1S/C24H29NO4/c1-13-16(4)28-22-15(3)23-20(12-19(13)22)14(2)18(24(27)29-23)10-11-21(26)25-17-8-6-5-7-9-17/h12,17H,5-11H2,1-4H3,(H,25,26). The SMILES string of the molecule is Cc1oc2c(C)c3oc(=O)c(CCC(=O)NC4CCCCC4)c(C)c3cc2c1C. The summed E-state index contributed by atoms with van der Waals surface area (Å²) in [5, 5.41) is 5.09. The van der Waals surface area contributed by atoms with Gasteiger partial charge in [-0.25, -0.2) is 4.79 Å². The number of fused-ring (bicyclic) bond motifs is 2. The number of benzene rings is 1. The number of rotatable bonds is 4. The minimum absolute atomic E-state index is 0.0173. The summed E-state index contributed by atoms with van der Waals surface area (Å²) in [6.07, 6.45) is 6.43.